The number of alkyl halides is 3. The first kappa shape index (κ1) is 14.3. The third-order valence-electron chi connectivity index (χ3n) is 2.18. The number of benzene rings is 1. The summed E-state index contributed by atoms with van der Waals surface area (Å²) in [6.07, 6.45) is -4.13. The van der Waals surface area contributed by atoms with Crippen molar-refractivity contribution < 1.29 is 22.7 Å². The fraction of sp³-hybridized carbons (Fsp3) is 0.364. The van der Waals surface area contributed by atoms with Crippen LogP contribution in [0.25, 0.3) is 0 Å². The normalized spacial score (nSPS) is 11.3. The summed E-state index contributed by atoms with van der Waals surface area (Å²) in [5, 5.41) is 0. The van der Waals surface area contributed by atoms with E-state index in [1.54, 1.807) is 0 Å². The Hall–Kier alpha value is -1.76. The Bertz CT molecular complexity index is 433. The zero-order valence-electron chi connectivity index (χ0n) is 9.46. The molecule has 0 unspecified atom stereocenters. The third kappa shape index (κ3) is 3.63. The van der Waals surface area contributed by atoms with Crippen molar-refractivity contribution in [1.82, 2.24) is 0 Å². The second-order valence-electron chi connectivity index (χ2n) is 3.56. The van der Waals surface area contributed by atoms with E-state index in [0.717, 1.165) is 12.1 Å². The van der Waals surface area contributed by atoms with Gasteiger partial charge in [-0.2, -0.15) is 13.2 Å². The quantitative estimate of drug-likeness (QED) is 0.790. The van der Waals surface area contributed by atoms with E-state index >= 15 is 0 Å². The lowest BCUT2D eigenvalue weighted by molar-refractivity contribution is -0.138. The predicted molar refractivity (Wildman–Crippen MR) is 59.1 cm³/mol. The topological polar surface area (TPSA) is 78.3 Å². The highest BCUT2D eigenvalue weighted by Gasteiger charge is 2.35. The zero-order valence-corrected chi connectivity index (χ0v) is 9.46. The summed E-state index contributed by atoms with van der Waals surface area (Å²) in [7, 11) is 0. The van der Waals surface area contributed by atoms with Crippen LogP contribution in [0.15, 0.2) is 18.2 Å². The first-order chi connectivity index (χ1) is 8.36. The maximum atomic E-state index is 12.7. The monoisotopic (exact) mass is 262 g/mol. The van der Waals surface area contributed by atoms with Crippen LogP contribution in [-0.2, 0) is 6.18 Å². The Kier molecular flexibility index (Phi) is 4.55. The number of hydrogen-bond donors (Lipinski definition) is 2. The minimum Gasteiger partial charge on any atom is -0.494 e. The number of nitrogens with two attached hydrogens (primary N) is 2. The number of ether oxygens (including phenoxy) is 1. The van der Waals surface area contributed by atoms with Crippen molar-refractivity contribution in [3.8, 4) is 5.75 Å². The largest absolute Gasteiger partial charge is 0.494 e. The van der Waals surface area contributed by atoms with E-state index in [9.17, 15) is 18.0 Å². The minimum absolute atomic E-state index is 0.0285. The summed E-state index contributed by atoms with van der Waals surface area (Å²) in [4.78, 5) is 10.9. The van der Waals surface area contributed by atoms with Crippen LogP contribution in [-0.4, -0.2) is 19.1 Å². The van der Waals surface area contributed by atoms with Crippen LogP contribution in [0.2, 0.25) is 0 Å². The number of amides is 1. The molecule has 1 rings (SSSR count). The van der Waals surface area contributed by atoms with Crippen LogP contribution in [0.1, 0.15) is 22.3 Å². The summed E-state index contributed by atoms with van der Waals surface area (Å²) in [6, 6.07) is 3.03. The average Bonchev–Trinajstić information content (AvgIpc) is 2.28. The molecule has 7 heteroatoms. The second-order valence-corrected chi connectivity index (χ2v) is 3.56. The van der Waals surface area contributed by atoms with Crippen LogP contribution in [0, 0.1) is 0 Å². The van der Waals surface area contributed by atoms with Gasteiger partial charge in [0.1, 0.15) is 5.75 Å². The van der Waals surface area contributed by atoms with Gasteiger partial charge >= 0.3 is 6.18 Å². The Morgan fingerprint density at radius 3 is 2.50 bits per heavy atom. The van der Waals surface area contributed by atoms with Crippen LogP contribution in [0.4, 0.5) is 13.2 Å². The summed E-state index contributed by atoms with van der Waals surface area (Å²) in [6.45, 7) is 0.592. The molecule has 0 aliphatic rings. The lowest BCUT2D eigenvalue weighted by Gasteiger charge is -2.13. The van der Waals surface area contributed by atoms with E-state index in [0.29, 0.717) is 13.0 Å². The fourth-order valence-electron chi connectivity index (χ4n) is 1.34. The highest BCUT2D eigenvalue weighted by atomic mass is 19.4. The van der Waals surface area contributed by atoms with E-state index in [4.69, 9.17) is 16.2 Å². The molecule has 0 aliphatic carbocycles. The molecule has 0 bridgehead atoms. The van der Waals surface area contributed by atoms with Gasteiger partial charge in [-0.05, 0) is 31.2 Å². The molecule has 0 aliphatic heterocycles. The molecule has 0 heterocycles. The highest BCUT2D eigenvalue weighted by molar-refractivity contribution is 5.94. The molecule has 0 saturated carbocycles. The summed E-state index contributed by atoms with van der Waals surface area (Å²) in [5.41, 5.74) is 8.45. The molecule has 4 N–H and O–H groups in total. The molecule has 100 valence electrons. The minimum atomic E-state index is -4.66. The smallest absolute Gasteiger partial charge is 0.417 e. The van der Waals surface area contributed by atoms with Crippen molar-refractivity contribution in [1.29, 1.82) is 0 Å². The molecule has 1 amide bonds. The van der Waals surface area contributed by atoms with Gasteiger partial charge in [0.2, 0.25) is 5.91 Å². The molecular formula is C11H13F3N2O2. The van der Waals surface area contributed by atoms with E-state index in [1.165, 1.54) is 6.07 Å². The van der Waals surface area contributed by atoms with Crippen LogP contribution < -0.4 is 16.2 Å². The van der Waals surface area contributed by atoms with Gasteiger partial charge in [0.15, 0.2) is 0 Å². The Morgan fingerprint density at radius 2 is 2.00 bits per heavy atom. The van der Waals surface area contributed by atoms with Gasteiger partial charge in [-0.15, -0.1) is 0 Å². The summed E-state index contributed by atoms with van der Waals surface area (Å²) in [5.74, 6) is -1.10. The van der Waals surface area contributed by atoms with Gasteiger partial charge in [-0.1, -0.05) is 0 Å². The van der Waals surface area contributed by atoms with Crippen molar-refractivity contribution in [2.75, 3.05) is 13.2 Å². The molecule has 0 atom stereocenters. The van der Waals surface area contributed by atoms with Crippen molar-refractivity contribution in [2.45, 2.75) is 12.6 Å². The first-order valence-electron chi connectivity index (χ1n) is 5.20. The molecular weight excluding hydrogens is 249 g/mol. The predicted octanol–water partition coefficient (Wildman–Crippen LogP) is 1.53. The molecule has 0 fully saturated rings. The van der Waals surface area contributed by atoms with Gasteiger partial charge in [0.05, 0.1) is 17.7 Å². The number of rotatable bonds is 5. The third-order valence-corrected chi connectivity index (χ3v) is 2.18. The van der Waals surface area contributed by atoms with Crippen LogP contribution in [0.5, 0.6) is 5.75 Å². The van der Waals surface area contributed by atoms with Crippen LogP contribution in [0.3, 0.4) is 0 Å². The molecule has 0 aromatic heterocycles. The van der Waals surface area contributed by atoms with E-state index < -0.39 is 23.2 Å². The van der Waals surface area contributed by atoms with E-state index in [1.807, 2.05) is 0 Å². The standard InChI is InChI=1S/C11H13F3N2O2/c12-11(13,14)9-6-7(18-5-1-4-15)2-3-8(9)10(16)17/h2-3,6H,1,4-5,15H2,(H2,16,17). The van der Waals surface area contributed by atoms with Crippen molar-refractivity contribution in [3.05, 3.63) is 29.3 Å². The van der Waals surface area contributed by atoms with Crippen LogP contribution >= 0.6 is 0 Å². The SMILES string of the molecule is NCCCOc1ccc(C(N)=O)c(C(F)(F)F)c1. The molecule has 0 saturated heterocycles. The van der Waals surface area contributed by atoms with Gasteiger partial charge in [-0.3, -0.25) is 4.79 Å². The number of primary amides is 1. The van der Waals surface area contributed by atoms with Crippen molar-refractivity contribution in [2.24, 2.45) is 11.5 Å². The Balaban J connectivity index is 3.02. The fourth-order valence-corrected chi connectivity index (χ4v) is 1.34. The molecule has 4 nitrogen and oxygen atoms in total. The summed E-state index contributed by atoms with van der Waals surface area (Å²) >= 11 is 0. The van der Waals surface area contributed by atoms with Crippen molar-refractivity contribution >= 4 is 5.91 Å². The lowest BCUT2D eigenvalue weighted by atomic mass is 10.1. The first-order valence-corrected chi connectivity index (χ1v) is 5.20. The lowest BCUT2D eigenvalue weighted by Crippen LogP contribution is -2.19. The van der Waals surface area contributed by atoms with E-state index in [-0.39, 0.29) is 12.4 Å². The highest BCUT2D eigenvalue weighted by Crippen LogP contribution is 2.34. The van der Waals surface area contributed by atoms with Gasteiger partial charge < -0.3 is 16.2 Å². The molecule has 0 spiro atoms. The number of halogens is 3. The van der Waals surface area contributed by atoms with Gasteiger partial charge in [0, 0.05) is 0 Å². The van der Waals surface area contributed by atoms with Gasteiger partial charge in [-0.25, -0.2) is 0 Å². The number of carbonyl (C=O) groups excluding carboxylic acids is 1. The molecule has 0 radical (unpaired) electrons. The van der Waals surface area contributed by atoms with Gasteiger partial charge in [0.25, 0.3) is 0 Å². The summed E-state index contributed by atoms with van der Waals surface area (Å²) < 4.78 is 43.2. The van der Waals surface area contributed by atoms with Crippen molar-refractivity contribution in [3.63, 3.8) is 0 Å². The molecule has 1 aromatic carbocycles. The Morgan fingerprint density at radius 1 is 1.33 bits per heavy atom. The Labute approximate surface area is 102 Å². The number of hydrogen-bond acceptors (Lipinski definition) is 3. The maximum absolute atomic E-state index is 12.7. The maximum Gasteiger partial charge on any atom is 0.417 e. The van der Waals surface area contributed by atoms with E-state index in [2.05, 4.69) is 0 Å². The molecule has 1 aromatic rings. The average molecular weight is 262 g/mol. The second kappa shape index (κ2) is 5.72. The molecule has 18 heavy (non-hydrogen) atoms. The number of carbonyl (C=O) groups is 1. The zero-order chi connectivity index (χ0) is 13.8.